The second-order valence-corrected chi connectivity index (χ2v) is 6.13. The van der Waals surface area contributed by atoms with E-state index in [1.54, 1.807) is 12.1 Å². The molecule has 1 saturated carbocycles. The summed E-state index contributed by atoms with van der Waals surface area (Å²) in [7, 11) is 0. The fourth-order valence-electron chi connectivity index (χ4n) is 3.17. The van der Waals surface area contributed by atoms with Gasteiger partial charge in [-0.2, -0.15) is 0 Å². The number of nitrogens with one attached hydrogen (secondary N) is 1. The van der Waals surface area contributed by atoms with Crippen LogP contribution in [0.1, 0.15) is 38.5 Å². The number of ether oxygens (including phenoxy) is 1. The van der Waals surface area contributed by atoms with Crippen LogP contribution in [0.15, 0.2) is 24.3 Å². The monoisotopic (exact) mass is 335 g/mol. The van der Waals surface area contributed by atoms with Gasteiger partial charge in [0.15, 0.2) is 5.75 Å². The number of nitrogens with zero attached hydrogens (tertiary/aromatic N) is 1. The van der Waals surface area contributed by atoms with Crippen LogP contribution in [0.5, 0.6) is 5.75 Å². The van der Waals surface area contributed by atoms with Crippen LogP contribution in [-0.4, -0.2) is 30.0 Å². The summed E-state index contributed by atoms with van der Waals surface area (Å²) in [5, 5.41) is 13.9. The van der Waals surface area contributed by atoms with Crippen LogP contribution in [0.2, 0.25) is 0 Å². The summed E-state index contributed by atoms with van der Waals surface area (Å²) in [5.41, 5.74) is 5.71. The molecule has 7 heteroatoms. The van der Waals surface area contributed by atoms with Crippen LogP contribution in [0.25, 0.3) is 0 Å². The number of nitro groups is 1. The molecule has 1 fully saturated rings. The van der Waals surface area contributed by atoms with Crippen molar-refractivity contribution in [2.75, 3.05) is 13.2 Å². The first-order chi connectivity index (χ1) is 11.6. The lowest BCUT2D eigenvalue weighted by Crippen LogP contribution is -2.46. The molecule has 0 bridgehead atoms. The van der Waals surface area contributed by atoms with Crippen molar-refractivity contribution in [2.24, 2.45) is 11.7 Å². The SMILES string of the molecule is NCC(NC(=O)CCOc1ccccc1[N+](=O)[O-])C1CCCCC1. The Morgan fingerprint density at radius 2 is 2.04 bits per heavy atom. The molecule has 2 rings (SSSR count). The van der Waals surface area contributed by atoms with Gasteiger partial charge in [0.25, 0.3) is 0 Å². The predicted molar refractivity (Wildman–Crippen MR) is 90.8 cm³/mol. The number of nitrogens with two attached hydrogens (primary N) is 1. The Kier molecular flexibility index (Phi) is 6.99. The normalized spacial score (nSPS) is 16.4. The molecular weight excluding hydrogens is 310 g/mol. The molecule has 1 unspecified atom stereocenters. The minimum atomic E-state index is -0.497. The summed E-state index contributed by atoms with van der Waals surface area (Å²) in [6, 6.07) is 6.15. The molecule has 0 aliphatic heterocycles. The van der Waals surface area contributed by atoms with Crippen molar-refractivity contribution >= 4 is 11.6 Å². The number of rotatable bonds is 8. The lowest BCUT2D eigenvalue weighted by Gasteiger charge is -2.30. The molecule has 132 valence electrons. The van der Waals surface area contributed by atoms with Crippen molar-refractivity contribution in [1.29, 1.82) is 0 Å². The second-order valence-electron chi connectivity index (χ2n) is 6.13. The topological polar surface area (TPSA) is 107 Å². The fraction of sp³-hybridized carbons (Fsp3) is 0.588. The van der Waals surface area contributed by atoms with Gasteiger partial charge in [0.2, 0.25) is 5.91 Å². The molecule has 0 aromatic heterocycles. The average molecular weight is 335 g/mol. The van der Waals surface area contributed by atoms with E-state index in [4.69, 9.17) is 10.5 Å². The van der Waals surface area contributed by atoms with E-state index in [2.05, 4.69) is 5.32 Å². The second kappa shape index (κ2) is 9.22. The first-order valence-corrected chi connectivity index (χ1v) is 8.47. The highest BCUT2D eigenvalue weighted by atomic mass is 16.6. The average Bonchev–Trinajstić information content (AvgIpc) is 2.60. The summed E-state index contributed by atoms with van der Waals surface area (Å²) in [6.45, 7) is 0.528. The number of hydrogen-bond acceptors (Lipinski definition) is 5. The molecule has 1 aliphatic carbocycles. The Morgan fingerprint density at radius 3 is 2.71 bits per heavy atom. The maximum atomic E-state index is 12.1. The van der Waals surface area contributed by atoms with Crippen molar-refractivity contribution in [3.63, 3.8) is 0 Å². The lowest BCUT2D eigenvalue weighted by atomic mass is 9.84. The number of carbonyl (C=O) groups excluding carboxylic acids is 1. The van der Waals surface area contributed by atoms with Crippen molar-refractivity contribution < 1.29 is 14.5 Å². The molecule has 0 heterocycles. The summed E-state index contributed by atoms with van der Waals surface area (Å²) >= 11 is 0. The van der Waals surface area contributed by atoms with Crippen molar-refractivity contribution in [3.05, 3.63) is 34.4 Å². The molecule has 0 spiro atoms. The third-order valence-electron chi connectivity index (χ3n) is 4.47. The Balaban J connectivity index is 1.79. The number of para-hydroxylation sites is 2. The van der Waals surface area contributed by atoms with E-state index in [1.807, 2.05) is 0 Å². The van der Waals surface area contributed by atoms with Crippen molar-refractivity contribution in [2.45, 2.75) is 44.6 Å². The first kappa shape index (κ1) is 18.2. The summed E-state index contributed by atoms with van der Waals surface area (Å²) in [6.07, 6.45) is 6.00. The maximum absolute atomic E-state index is 12.1. The molecule has 1 aromatic rings. The minimum Gasteiger partial charge on any atom is -0.486 e. The third-order valence-corrected chi connectivity index (χ3v) is 4.47. The molecule has 0 saturated heterocycles. The van der Waals surface area contributed by atoms with Gasteiger partial charge in [0, 0.05) is 18.7 Å². The van der Waals surface area contributed by atoms with E-state index in [1.165, 1.54) is 31.4 Å². The van der Waals surface area contributed by atoms with Crippen LogP contribution in [-0.2, 0) is 4.79 Å². The molecule has 24 heavy (non-hydrogen) atoms. The standard InChI is InChI=1S/C17H25N3O4/c18-12-14(13-6-2-1-3-7-13)19-17(21)10-11-24-16-9-5-4-8-15(16)20(22)23/h4-5,8-9,13-14H,1-3,6-7,10-12,18H2,(H,19,21). The van der Waals surface area contributed by atoms with Gasteiger partial charge in [-0.05, 0) is 24.8 Å². The van der Waals surface area contributed by atoms with E-state index in [9.17, 15) is 14.9 Å². The van der Waals surface area contributed by atoms with Crippen LogP contribution < -0.4 is 15.8 Å². The fourth-order valence-corrected chi connectivity index (χ4v) is 3.17. The molecule has 1 aliphatic rings. The number of carbonyl (C=O) groups is 1. The van der Waals surface area contributed by atoms with E-state index in [0.717, 1.165) is 12.8 Å². The Morgan fingerprint density at radius 1 is 1.33 bits per heavy atom. The molecular formula is C17H25N3O4. The summed E-state index contributed by atoms with van der Waals surface area (Å²) < 4.78 is 5.40. The predicted octanol–water partition coefficient (Wildman–Crippen LogP) is 2.39. The van der Waals surface area contributed by atoms with Gasteiger partial charge in [-0.25, -0.2) is 0 Å². The van der Waals surface area contributed by atoms with Crippen LogP contribution >= 0.6 is 0 Å². The van der Waals surface area contributed by atoms with Gasteiger partial charge in [0.1, 0.15) is 0 Å². The third kappa shape index (κ3) is 5.19. The highest BCUT2D eigenvalue weighted by molar-refractivity contribution is 5.76. The molecule has 1 atom stereocenters. The molecule has 1 aromatic carbocycles. The van der Waals surface area contributed by atoms with Crippen molar-refractivity contribution in [1.82, 2.24) is 5.32 Å². The van der Waals surface area contributed by atoms with E-state index >= 15 is 0 Å². The first-order valence-electron chi connectivity index (χ1n) is 8.47. The smallest absolute Gasteiger partial charge is 0.310 e. The number of amides is 1. The van der Waals surface area contributed by atoms with E-state index < -0.39 is 4.92 Å². The summed E-state index contributed by atoms with van der Waals surface area (Å²) in [4.78, 5) is 22.5. The highest BCUT2D eigenvalue weighted by Crippen LogP contribution is 2.27. The summed E-state index contributed by atoms with van der Waals surface area (Å²) in [5.74, 6) is 0.497. The number of hydrogen-bond donors (Lipinski definition) is 2. The molecule has 3 N–H and O–H groups in total. The zero-order valence-electron chi connectivity index (χ0n) is 13.8. The van der Waals surface area contributed by atoms with Crippen LogP contribution in [0.3, 0.4) is 0 Å². The molecule has 0 radical (unpaired) electrons. The van der Waals surface area contributed by atoms with Gasteiger partial charge in [0.05, 0.1) is 18.0 Å². The maximum Gasteiger partial charge on any atom is 0.310 e. The van der Waals surface area contributed by atoms with E-state index in [0.29, 0.717) is 12.5 Å². The zero-order valence-corrected chi connectivity index (χ0v) is 13.8. The Labute approximate surface area is 141 Å². The molecule has 7 nitrogen and oxygen atoms in total. The van der Waals surface area contributed by atoms with Gasteiger partial charge in [-0.15, -0.1) is 0 Å². The lowest BCUT2D eigenvalue weighted by molar-refractivity contribution is -0.385. The van der Waals surface area contributed by atoms with Crippen molar-refractivity contribution in [3.8, 4) is 5.75 Å². The molecule has 1 amide bonds. The number of nitro benzene ring substituents is 1. The van der Waals surface area contributed by atoms with Gasteiger partial charge in [-0.1, -0.05) is 31.4 Å². The quantitative estimate of drug-likeness (QED) is 0.560. The number of benzene rings is 1. The largest absolute Gasteiger partial charge is 0.486 e. The van der Waals surface area contributed by atoms with Gasteiger partial charge < -0.3 is 15.8 Å². The van der Waals surface area contributed by atoms with Gasteiger partial charge in [-0.3, -0.25) is 14.9 Å². The van der Waals surface area contributed by atoms with E-state index in [-0.39, 0.29) is 36.4 Å². The van der Waals surface area contributed by atoms with Crippen LogP contribution in [0, 0.1) is 16.0 Å². The Bertz CT molecular complexity index is 559. The highest BCUT2D eigenvalue weighted by Gasteiger charge is 2.24. The minimum absolute atomic E-state index is 0.00358. The van der Waals surface area contributed by atoms with Crippen LogP contribution in [0.4, 0.5) is 5.69 Å². The Hall–Kier alpha value is -2.15. The zero-order chi connectivity index (χ0) is 17.4. The van der Waals surface area contributed by atoms with Gasteiger partial charge >= 0.3 is 5.69 Å².